The number of esters is 2. The number of halogens is 1. The molecule has 0 bridgehead atoms. The number of nitrogens with zero attached hydrogens (tertiary/aromatic N) is 1. The Morgan fingerprint density at radius 1 is 1.00 bits per heavy atom. The lowest BCUT2D eigenvalue weighted by Crippen LogP contribution is -2.62. The molecule has 0 spiro atoms. The number of ether oxygens (including phenoxy) is 3. The Labute approximate surface area is 192 Å². The molecule has 1 heterocycles. The van der Waals surface area contributed by atoms with E-state index < -0.39 is 39.8 Å². The molecule has 32 heavy (non-hydrogen) atoms. The smallest absolute Gasteiger partial charge is 0.342 e. The summed E-state index contributed by atoms with van der Waals surface area (Å²) in [5, 5.41) is 0.210. The van der Waals surface area contributed by atoms with Crippen molar-refractivity contribution in [3.8, 4) is 0 Å². The minimum absolute atomic E-state index is 0.0874. The molecule has 0 radical (unpaired) electrons. The highest BCUT2D eigenvalue weighted by Gasteiger charge is 2.70. The number of carbonyl (C=O) groups is 2. The third kappa shape index (κ3) is 4.13. The van der Waals surface area contributed by atoms with Crippen LogP contribution in [0.25, 0.3) is 0 Å². The van der Waals surface area contributed by atoms with Gasteiger partial charge in [0.05, 0.1) is 19.5 Å². The van der Waals surface area contributed by atoms with Crippen molar-refractivity contribution in [3.63, 3.8) is 0 Å². The Balaban J connectivity index is 2.38. The molecule has 1 aliphatic heterocycles. The van der Waals surface area contributed by atoms with Gasteiger partial charge in [0, 0.05) is 10.6 Å². The maximum atomic E-state index is 13.4. The summed E-state index contributed by atoms with van der Waals surface area (Å²) < 4.78 is 43.6. The number of rotatable bonds is 7. The van der Waals surface area contributed by atoms with Crippen molar-refractivity contribution >= 4 is 33.6 Å². The molecule has 2 atom stereocenters. The topological polar surface area (TPSA) is 99.2 Å². The van der Waals surface area contributed by atoms with E-state index in [-0.39, 0.29) is 23.8 Å². The summed E-state index contributed by atoms with van der Waals surface area (Å²) in [4.78, 5) is 26.9. The van der Waals surface area contributed by atoms with Crippen molar-refractivity contribution in [2.24, 2.45) is 0 Å². The third-order valence-electron chi connectivity index (χ3n) is 5.01. The van der Waals surface area contributed by atoms with Crippen LogP contribution in [-0.2, 0) is 33.8 Å². The molecular weight excluding hydrogens is 458 g/mol. The molecule has 0 aromatic heterocycles. The number of hydrogen-bond donors (Lipinski definition) is 0. The standard InChI is InChI=1S/C22H24ClNO7S/c1-4-29-20(25)22(21(26)30-5-2)18(15-11-7-6-8-12-15)31-19(24(22)32(3,27)28)16-13-9-10-14-17(16)23/h6-14,18-19H,4-5H2,1-3H3/t18-,19+/m0/s1. The van der Waals surface area contributed by atoms with Gasteiger partial charge in [0.1, 0.15) is 6.10 Å². The summed E-state index contributed by atoms with van der Waals surface area (Å²) in [6.07, 6.45) is -1.84. The zero-order valence-electron chi connectivity index (χ0n) is 17.9. The van der Waals surface area contributed by atoms with Gasteiger partial charge in [0.25, 0.3) is 5.54 Å². The highest BCUT2D eigenvalue weighted by Crippen LogP contribution is 2.52. The molecule has 172 valence electrons. The molecule has 0 amide bonds. The second-order valence-electron chi connectivity index (χ2n) is 7.07. The predicted octanol–water partition coefficient (Wildman–Crippen LogP) is 3.24. The fourth-order valence-electron chi connectivity index (χ4n) is 3.80. The molecule has 1 saturated heterocycles. The van der Waals surface area contributed by atoms with E-state index in [2.05, 4.69) is 0 Å². The lowest BCUT2D eigenvalue weighted by molar-refractivity contribution is -0.172. The Morgan fingerprint density at radius 3 is 2.03 bits per heavy atom. The molecule has 2 aromatic carbocycles. The molecular formula is C22H24ClNO7S. The first-order chi connectivity index (χ1) is 15.2. The first-order valence-corrected chi connectivity index (χ1v) is 12.2. The maximum Gasteiger partial charge on any atom is 0.342 e. The van der Waals surface area contributed by atoms with E-state index in [4.69, 9.17) is 25.8 Å². The first-order valence-electron chi connectivity index (χ1n) is 9.98. The lowest BCUT2D eigenvalue weighted by atomic mass is 9.88. The van der Waals surface area contributed by atoms with Gasteiger partial charge in [0.15, 0.2) is 6.23 Å². The minimum atomic E-state index is -4.24. The quantitative estimate of drug-likeness (QED) is 0.442. The first kappa shape index (κ1) is 24.2. The van der Waals surface area contributed by atoms with Gasteiger partial charge >= 0.3 is 11.9 Å². The van der Waals surface area contributed by atoms with Crippen molar-refractivity contribution in [2.75, 3.05) is 19.5 Å². The van der Waals surface area contributed by atoms with Crippen LogP contribution < -0.4 is 0 Å². The highest BCUT2D eigenvalue weighted by molar-refractivity contribution is 7.88. The van der Waals surface area contributed by atoms with Crippen molar-refractivity contribution < 1.29 is 32.2 Å². The van der Waals surface area contributed by atoms with E-state index in [1.807, 2.05) is 0 Å². The van der Waals surface area contributed by atoms with Crippen LogP contribution >= 0.6 is 11.6 Å². The van der Waals surface area contributed by atoms with Crippen LogP contribution in [0.3, 0.4) is 0 Å². The summed E-state index contributed by atoms with van der Waals surface area (Å²) in [5.74, 6) is -2.18. The monoisotopic (exact) mass is 481 g/mol. The van der Waals surface area contributed by atoms with Gasteiger partial charge in [-0.2, -0.15) is 0 Å². The number of carbonyl (C=O) groups excluding carboxylic acids is 2. The Kier molecular flexibility index (Phi) is 7.24. The average Bonchev–Trinajstić information content (AvgIpc) is 3.12. The largest absolute Gasteiger partial charge is 0.464 e. The van der Waals surface area contributed by atoms with E-state index >= 15 is 0 Å². The van der Waals surface area contributed by atoms with Gasteiger partial charge in [-0.15, -0.1) is 4.31 Å². The van der Waals surface area contributed by atoms with Gasteiger partial charge in [-0.05, 0) is 25.5 Å². The Hall–Kier alpha value is -2.46. The van der Waals surface area contributed by atoms with Crippen LogP contribution in [0.15, 0.2) is 54.6 Å². The van der Waals surface area contributed by atoms with E-state index in [0.717, 1.165) is 10.6 Å². The number of benzene rings is 2. The van der Waals surface area contributed by atoms with E-state index in [1.54, 1.807) is 68.4 Å². The van der Waals surface area contributed by atoms with Crippen molar-refractivity contribution in [1.82, 2.24) is 4.31 Å². The fraction of sp³-hybridized carbons (Fsp3) is 0.364. The second kappa shape index (κ2) is 9.58. The molecule has 1 fully saturated rings. The minimum Gasteiger partial charge on any atom is -0.464 e. The maximum absolute atomic E-state index is 13.4. The predicted molar refractivity (Wildman–Crippen MR) is 117 cm³/mol. The molecule has 0 aliphatic carbocycles. The van der Waals surface area contributed by atoms with Gasteiger partial charge in [0.2, 0.25) is 10.0 Å². The van der Waals surface area contributed by atoms with Crippen LogP contribution in [0, 0.1) is 0 Å². The van der Waals surface area contributed by atoms with Crippen molar-refractivity contribution in [2.45, 2.75) is 31.7 Å². The van der Waals surface area contributed by atoms with E-state index in [9.17, 15) is 18.0 Å². The van der Waals surface area contributed by atoms with E-state index in [1.165, 1.54) is 0 Å². The van der Waals surface area contributed by atoms with Gasteiger partial charge in [-0.1, -0.05) is 60.1 Å². The van der Waals surface area contributed by atoms with Crippen LogP contribution in [-0.4, -0.2) is 49.7 Å². The van der Waals surface area contributed by atoms with E-state index in [0.29, 0.717) is 5.56 Å². The fourth-order valence-corrected chi connectivity index (χ4v) is 5.31. The normalized spacial score (nSPS) is 20.6. The summed E-state index contributed by atoms with van der Waals surface area (Å²) in [5.41, 5.74) is -1.78. The van der Waals surface area contributed by atoms with Crippen LogP contribution in [0.5, 0.6) is 0 Å². The van der Waals surface area contributed by atoms with Crippen LogP contribution in [0.4, 0.5) is 0 Å². The summed E-state index contributed by atoms with van der Waals surface area (Å²) in [6, 6.07) is 14.8. The van der Waals surface area contributed by atoms with Crippen molar-refractivity contribution in [1.29, 1.82) is 0 Å². The van der Waals surface area contributed by atoms with Gasteiger partial charge in [-0.25, -0.2) is 18.0 Å². The SMILES string of the molecule is CCOC(=O)C1(C(=O)OCC)[C@H](c2ccccc2)O[C@H](c2ccccc2Cl)N1S(C)(=O)=O. The molecule has 2 aromatic rings. The third-order valence-corrected chi connectivity index (χ3v) is 6.55. The molecule has 1 aliphatic rings. The molecule has 8 nitrogen and oxygen atoms in total. The Morgan fingerprint density at radius 2 is 1.53 bits per heavy atom. The number of hydrogen-bond acceptors (Lipinski definition) is 7. The summed E-state index contributed by atoms with van der Waals surface area (Å²) in [6.45, 7) is 2.94. The zero-order valence-corrected chi connectivity index (χ0v) is 19.4. The summed E-state index contributed by atoms with van der Waals surface area (Å²) >= 11 is 6.35. The lowest BCUT2D eigenvalue weighted by Gasteiger charge is -2.35. The molecule has 0 saturated carbocycles. The highest BCUT2D eigenvalue weighted by atomic mass is 35.5. The molecule has 10 heteroatoms. The van der Waals surface area contributed by atoms with Crippen LogP contribution in [0.1, 0.15) is 37.3 Å². The Bertz CT molecular complexity index is 1070. The van der Waals surface area contributed by atoms with Gasteiger partial charge < -0.3 is 14.2 Å². The van der Waals surface area contributed by atoms with Crippen molar-refractivity contribution in [3.05, 3.63) is 70.7 Å². The van der Waals surface area contributed by atoms with Crippen LogP contribution in [0.2, 0.25) is 5.02 Å². The zero-order chi connectivity index (χ0) is 23.5. The second-order valence-corrected chi connectivity index (χ2v) is 9.33. The molecule has 0 unspecified atom stereocenters. The molecule has 3 rings (SSSR count). The van der Waals surface area contributed by atoms with Gasteiger partial charge in [-0.3, -0.25) is 0 Å². The number of sulfonamides is 1. The molecule has 0 N–H and O–H groups in total. The average molecular weight is 482 g/mol. The summed E-state index contributed by atoms with van der Waals surface area (Å²) in [7, 11) is -4.24.